The van der Waals surface area contributed by atoms with Crippen LogP contribution in [0.1, 0.15) is 90.5 Å². The van der Waals surface area contributed by atoms with Crippen molar-refractivity contribution in [3.05, 3.63) is 30.1 Å². The lowest BCUT2D eigenvalue weighted by atomic mass is 9.46. The fourth-order valence-electron chi connectivity index (χ4n) is 8.30. The van der Waals surface area contributed by atoms with Crippen molar-refractivity contribution in [3.8, 4) is 5.75 Å². The molecule has 6 atom stereocenters. The summed E-state index contributed by atoms with van der Waals surface area (Å²) in [6.07, 6.45) is 20.9. The molecule has 4 aliphatic carbocycles. The van der Waals surface area contributed by atoms with Gasteiger partial charge in [-0.3, -0.25) is 4.98 Å². The zero-order valence-electron chi connectivity index (χ0n) is 18.8. The molecule has 0 aliphatic heterocycles. The molecule has 0 amide bonds. The second-order valence-corrected chi connectivity index (χ2v) is 10.9. The first-order valence-electron chi connectivity index (χ1n) is 12.3. The van der Waals surface area contributed by atoms with Gasteiger partial charge in [0.25, 0.3) is 0 Å². The number of pyridine rings is 1. The predicted molar refractivity (Wildman–Crippen MR) is 120 cm³/mol. The van der Waals surface area contributed by atoms with Gasteiger partial charge in [0.2, 0.25) is 0 Å². The summed E-state index contributed by atoms with van der Waals surface area (Å²) in [6, 6.07) is 2.23. The molecule has 5 rings (SSSR count). The number of ether oxygens (including phenoxy) is 1. The number of hydrogen-bond acceptors (Lipinski definition) is 2. The van der Waals surface area contributed by atoms with E-state index in [2.05, 4.69) is 37.2 Å². The highest BCUT2D eigenvalue weighted by atomic mass is 16.5. The molecule has 1 aromatic heterocycles. The maximum absolute atomic E-state index is 5.76. The lowest BCUT2D eigenvalue weighted by Crippen LogP contribution is -2.51. The van der Waals surface area contributed by atoms with Crippen LogP contribution in [0.3, 0.4) is 0 Å². The topological polar surface area (TPSA) is 22.1 Å². The van der Waals surface area contributed by atoms with E-state index in [4.69, 9.17) is 4.74 Å². The van der Waals surface area contributed by atoms with Gasteiger partial charge in [-0.15, -0.1) is 0 Å². The van der Waals surface area contributed by atoms with Crippen molar-refractivity contribution in [2.75, 3.05) is 6.61 Å². The van der Waals surface area contributed by atoms with Gasteiger partial charge >= 0.3 is 0 Å². The highest BCUT2D eigenvalue weighted by molar-refractivity contribution is 5.73. The van der Waals surface area contributed by atoms with Crippen molar-refractivity contribution in [2.24, 2.45) is 34.5 Å². The molecule has 3 fully saturated rings. The Kier molecular flexibility index (Phi) is 5.03. The monoisotopic (exact) mass is 393 g/mol. The first-order valence-corrected chi connectivity index (χ1v) is 12.3. The summed E-state index contributed by atoms with van der Waals surface area (Å²) in [4.78, 5) is 4.51. The van der Waals surface area contributed by atoms with Crippen LogP contribution in [0.15, 0.2) is 24.5 Å². The molecule has 29 heavy (non-hydrogen) atoms. The maximum Gasteiger partial charge on any atom is 0.138 e. The third-order valence-corrected chi connectivity index (χ3v) is 9.75. The van der Waals surface area contributed by atoms with Crippen molar-refractivity contribution in [3.63, 3.8) is 0 Å². The number of allylic oxidation sites excluding steroid dienone is 2. The Hall–Kier alpha value is -1.31. The van der Waals surface area contributed by atoms with Gasteiger partial charge in [0.05, 0.1) is 12.8 Å². The standard InChI is InChI=1S/C27H39NO/c1-4-29-21-16-19(17-28-18-21)23-11-12-24-22-10-9-20-8-6-5-7-14-26(20,2)25(22)13-15-27(23,24)3/h11,16-18,20,22,24-25H,4-10,12-15H2,1-3H3/t20-,22+,24+,25+,26+,27-/m1/s1. The molecule has 0 spiro atoms. The minimum atomic E-state index is 0.321. The van der Waals surface area contributed by atoms with Crippen LogP contribution in [-0.2, 0) is 0 Å². The van der Waals surface area contributed by atoms with E-state index in [0.717, 1.165) is 29.4 Å². The molecular weight excluding hydrogens is 354 g/mol. The average Bonchev–Trinajstić information content (AvgIpc) is 2.94. The van der Waals surface area contributed by atoms with Crippen LogP contribution in [-0.4, -0.2) is 11.6 Å². The lowest BCUT2D eigenvalue weighted by Gasteiger charge is -2.59. The smallest absolute Gasteiger partial charge is 0.138 e. The largest absolute Gasteiger partial charge is 0.492 e. The number of fused-ring (bicyclic) bond motifs is 5. The van der Waals surface area contributed by atoms with Gasteiger partial charge in [0.15, 0.2) is 0 Å². The zero-order valence-corrected chi connectivity index (χ0v) is 18.8. The molecule has 158 valence electrons. The highest BCUT2D eigenvalue weighted by Crippen LogP contribution is 2.67. The molecule has 3 saturated carbocycles. The number of nitrogens with zero attached hydrogens (tertiary/aromatic N) is 1. The summed E-state index contributed by atoms with van der Waals surface area (Å²) in [5.41, 5.74) is 3.79. The van der Waals surface area contributed by atoms with Gasteiger partial charge in [-0.05, 0) is 104 Å². The molecule has 4 aliphatic rings. The first-order chi connectivity index (χ1) is 14.1. The summed E-state index contributed by atoms with van der Waals surface area (Å²) in [5.74, 6) is 4.62. The van der Waals surface area contributed by atoms with Gasteiger partial charge in [0.1, 0.15) is 5.75 Å². The van der Waals surface area contributed by atoms with Gasteiger partial charge in [-0.2, -0.15) is 0 Å². The second kappa shape index (κ2) is 7.43. The quantitative estimate of drug-likeness (QED) is 0.537. The fraction of sp³-hybridized carbons (Fsp3) is 0.741. The zero-order chi connectivity index (χ0) is 20.1. The van der Waals surface area contributed by atoms with Crippen molar-refractivity contribution in [1.29, 1.82) is 0 Å². The van der Waals surface area contributed by atoms with Crippen molar-refractivity contribution < 1.29 is 4.74 Å². The number of hydrogen-bond donors (Lipinski definition) is 0. The Morgan fingerprint density at radius 2 is 1.90 bits per heavy atom. The predicted octanol–water partition coefficient (Wildman–Crippen LogP) is 7.30. The molecule has 0 unspecified atom stereocenters. The summed E-state index contributed by atoms with van der Waals surface area (Å²) in [6.45, 7) is 8.01. The van der Waals surface area contributed by atoms with E-state index in [0.29, 0.717) is 17.4 Å². The van der Waals surface area contributed by atoms with Crippen LogP contribution < -0.4 is 4.74 Å². The molecule has 0 saturated heterocycles. The van der Waals surface area contributed by atoms with Gasteiger partial charge in [-0.1, -0.05) is 39.2 Å². The van der Waals surface area contributed by atoms with Crippen molar-refractivity contribution in [1.82, 2.24) is 4.98 Å². The molecule has 2 heteroatoms. The van der Waals surface area contributed by atoms with Crippen LogP contribution in [0.4, 0.5) is 0 Å². The Bertz CT molecular complexity index is 784. The molecule has 1 aromatic rings. The SMILES string of the molecule is CCOc1cncc(C2=CC[C@H]3[C@@H]4CC[C@H]5CCCCC[C@]5(C)[C@H]4CC[C@]23C)c1. The molecular formula is C27H39NO. The summed E-state index contributed by atoms with van der Waals surface area (Å²) in [7, 11) is 0. The van der Waals surface area contributed by atoms with Crippen LogP contribution in [0, 0.1) is 34.5 Å². The van der Waals surface area contributed by atoms with E-state index in [1.54, 1.807) is 5.57 Å². The first kappa shape index (κ1) is 19.6. The summed E-state index contributed by atoms with van der Waals surface area (Å²) < 4.78 is 5.76. The van der Waals surface area contributed by atoms with Crippen LogP contribution in [0.2, 0.25) is 0 Å². The highest BCUT2D eigenvalue weighted by Gasteiger charge is 2.57. The third kappa shape index (κ3) is 3.08. The van der Waals surface area contributed by atoms with E-state index in [1.807, 2.05) is 13.1 Å². The lowest BCUT2D eigenvalue weighted by molar-refractivity contribution is -0.0808. The minimum Gasteiger partial charge on any atom is -0.492 e. The Labute approximate surface area is 177 Å². The van der Waals surface area contributed by atoms with Crippen LogP contribution >= 0.6 is 0 Å². The molecule has 1 heterocycles. The fourth-order valence-corrected chi connectivity index (χ4v) is 8.30. The van der Waals surface area contributed by atoms with Gasteiger partial charge in [-0.25, -0.2) is 0 Å². The molecule has 0 bridgehead atoms. The van der Waals surface area contributed by atoms with Gasteiger partial charge in [0, 0.05) is 6.20 Å². The number of aromatic nitrogens is 1. The Morgan fingerprint density at radius 1 is 1.00 bits per heavy atom. The van der Waals surface area contributed by atoms with E-state index >= 15 is 0 Å². The van der Waals surface area contributed by atoms with Crippen LogP contribution in [0.25, 0.3) is 5.57 Å². The minimum absolute atomic E-state index is 0.321. The van der Waals surface area contributed by atoms with E-state index in [9.17, 15) is 0 Å². The van der Waals surface area contributed by atoms with Crippen molar-refractivity contribution >= 4 is 5.57 Å². The molecule has 0 radical (unpaired) electrons. The van der Waals surface area contributed by atoms with Gasteiger partial charge < -0.3 is 4.74 Å². The van der Waals surface area contributed by atoms with E-state index in [1.165, 1.54) is 69.8 Å². The number of rotatable bonds is 3. The third-order valence-electron chi connectivity index (χ3n) is 9.75. The van der Waals surface area contributed by atoms with Crippen molar-refractivity contribution in [2.45, 2.75) is 85.0 Å². The summed E-state index contributed by atoms with van der Waals surface area (Å²) >= 11 is 0. The average molecular weight is 394 g/mol. The Morgan fingerprint density at radius 3 is 2.76 bits per heavy atom. The van der Waals surface area contributed by atoms with Crippen LogP contribution in [0.5, 0.6) is 5.75 Å². The molecule has 2 nitrogen and oxygen atoms in total. The van der Waals surface area contributed by atoms with E-state index < -0.39 is 0 Å². The normalized spacial score (nSPS) is 41.6. The Balaban J connectivity index is 1.42. The molecule has 0 aromatic carbocycles. The summed E-state index contributed by atoms with van der Waals surface area (Å²) in [5, 5.41) is 0. The maximum atomic E-state index is 5.76. The second-order valence-electron chi connectivity index (χ2n) is 10.9. The van der Waals surface area contributed by atoms with E-state index in [-0.39, 0.29) is 0 Å². The molecule has 0 N–H and O–H groups in total.